The monoisotopic (exact) mass is 660 g/mol. The summed E-state index contributed by atoms with van der Waals surface area (Å²) in [6, 6.07) is 21.0. The van der Waals surface area contributed by atoms with E-state index < -0.39 is 42.6 Å². The van der Waals surface area contributed by atoms with Crippen molar-refractivity contribution in [1.82, 2.24) is 19.6 Å². The van der Waals surface area contributed by atoms with Gasteiger partial charge < -0.3 is 41.3 Å². The smallest absolute Gasteiger partial charge is 0.242 e. The quantitative estimate of drug-likeness (QED) is 0.168. The van der Waals surface area contributed by atoms with Crippen LogP contribution >= 0.6 is 0 Å². The van der Waals surface area contributed by atoms with Crippen LogP contribution in [0.3, 0.4) is 0 Å². The maximum Gasteiger partial charge on any atom is 0.242 e. The fourth-order valence-electron chi connectivity index (χ4n) is 4.93. The molecule has 0 bridgehead atoms. The van der Waals surface area contributed by atoms with Gasteiger partial charge in [0.05, 0.1) is 13.1 Å². The van der Waals surface area contributed by atoms with E-state index in [2.05, 4.69) is 0 Å². The molecule has 0 spiro atoms. The van der Waals surface area contributed by atoms with Gasteiger partial charge in [0, 0.05) is 25.7 Å². The number of phenolic OH excluding ortho intramolecular Hbond substituents is 2. The van der Waals surface area contributed by atoms with Crippen molar-refractivity contribution in [3.63, 3.8) is 0 Å². The Bertz CT molecular complexity index is 1530. The Morgan fingerprint density at radius 2 is 1.00 bits per heavy atom. The maximum absolute atomic E-state index is 14.1. The highest BCUT2D eigenvalue weighted by molar-refractivity contribution is 5.91. The minimum Gasteiger partial charge on any atom is -0.508 e. The van der Waals surface area contributed by atoms with Crippen molar-refractivity contribution in [2.75, 3.05) is 32.7 Å². The number of carbonyl (C=O) groups is 5. The highest BCUT2D eigenvalue weighted by atomic mass is 16.3. The lowest BCUT2D eigenvalue weighted by atomic mass is 10.1. The first-order valence-electron chi connectivity index (χ1n) is 15.6. The van der Waals surface area contributed by atoms with E-state index in [1.165, 1.54) is 43.9 Å². The standard InChI is InChI=1S/C35H44N6O7/c1-3-25(2)41(32(45)17-36)24-35(48)40(20-28-11-15-30(43)16-12-28)23-34(47)39(19-27-9-13-29(42)14-10-27)22-33(46)38(21-31(37)44)18-26-7-5-4-6-8-26/h4-16,25,42-43H,3,17-24,36H2,1-2H3,(H2,37,44). The van der Waals surface area contributed by atoms with E-state index in [4.69, 9.17) is 11.5 Å². The topological polar surface area (TPSA) is 191 Å². The van der Waals surface area contributed by atoms with Crippen molar-refractivity contribution >= 4 is 29.5 Å². The number of rotatable bonds is 17. The third kappa shape index (κ3) is 11.4. The highest BCUT2D eigenvalue weighted by Crippen LogP contribution is 2.16. The molecule has 3 aromatic carbocycles. The second kappa shape index (κ2) is 18.0. The van der Waals surface area contributed by atoms with Crippen LogP contribution in [-0.4, -0.2) is 98.1 Å². The first-order valence-corrected chi connectivity index (χ1v) is 15.6. The number of hydrogen-bond donors (Lipinski definition) is 4. The minimum absolute atomic E-state index is 0.0201. The molecule has 0 saturated carbocycles. The van der Waals surface area contributed by atoms with Gasteiger partial charge in [-0.3, -0.25) is 24.0 Å². The second-order valence-corrected chi connectivity index (χ2v) is 11.5. The molecule has 13 nitrogen and oxygen atoms in total. The molecule has 1 unspecified atom stereocenters. The lowest BCUT2D eigenvalue weighted by Gasteiger charge is -2.32. The summed E-state index contributed by atoms with van der Waals surface area (Å²) >= 11 is 0. The third-order valence-electron chi connectivity index (χ3n) is 7.82. The number of primary amides is 1. The second-order valence-electron chi connectivity index (χ2n) is 11.5. The molecule has 256 valence electrons. The summed E-state index contributed by atoms with van der Waals surface area (Å²) in [5, 5.41) is 19.6. The van der Waals surface area contributed by atoms with Gasteiger partial charge >= 0.3 is 0 Å². The van der Waals surface area contributed by atoms with Gasteiger partial charge in [-0.1, -0.05) is 61.5 Å². The van der Waals surface area contributed by atoms with Gasteiger partial charge in [-0.05, 0) is 54.3 Å². The summed E-state index contributed by atoms with van der Waals surface area (Å²) in [5.41, 5.74) is 13.1. The summed E-state index contributed by atoms with van der Waals surface area (Å²) in [4.78, 5) is 71.3. The Morgan fingerprint density at radius 1 is 0.604 bits per heavy atom. The fraction of sp³-hybridized carbons (Fsp3) is 0.343. The summed E-state index contributed by atoms with van der Waals surface area (Å²) in [6.07, 6.45) is 0.573. The molecule has 0 radical (unpaired) electrons. The molecule has 6 N–H and O–H groups in total. The Kier molecular flexibility index (Phi) is 13.9. The van der Waals surface area contributed by atoms with Gasteiger partial charge in [-0.2, -0.15) is 0 Å². The van der Waals surface area contributed by atoms with E-state index >= 15 is 0 Å². The molecular weight excluding hydrogens is 616 g/mol. The molecule has 0 aliphatic rings. The van der Waals surface area contributed by atoms with E-state index in [0.717, 1.165) is 5.56 Å². The Morgan fingerprint density at radius 3 is 1.40 bits per heavy atom. The molecule has 0 aliphatic carbocycles. The maximum atomic E-state index is 14.1. The summed E-state index contributed by atoms with van der Waals surface area (Å²) < 4.78 is 0. The van der Waals surface area contributed by atoms with E-state index in [0.29, 0.717) is 17.5 Å². The van der Waals surface area contributed by atoms with E-state index in [1.807, 2.05) is 13.0 Å². The van der Waals surface area contributed by atoms with Crippen molar-refractivity contribution < 1.29 is 34.2 Å². The molecule has 48 heavy (non-hydrogen) atoms. The lowest BCUT2D eigenvalue weighted by Crippen LogP contribution is -2.51. The SMILES string of the molecule is CCC(C)N(CC(=O)N(CC(=O)N(CC(=O)N(CC(N)=O)Cc1ccccc1)Cc1ccc(O)cc1)Cc1ccc(O)cc1)C(=O)CN. The zero-order valence-corrected chi connectivity index (χ0v) is 27.3. The van der Waals surface area contributed by atoms with E-state index in [9.17, 15) is 34.2 Å². The average molecular weight is 661 g/mol. The molecule has 0 heterocycles. The van der Waals surface area contributed by atoms with Crippen LogP contribution in [0.15, 0.2) is 78.9 Å². The number of amides is 5. The summed E-state index contributed by atoms with van der Waals surface area (Å²) in [7, 11) is 0. The number of phenols is 2. The van der Waals surface area contributed by atoms with Gasteiger partial charge in [0.1, 0.15) is 31.1 Å². The van der Waals surface area contributed by atoms with Crippen LogP contribution in [0, 0.1) is 0 Å². The van der Waals surface area contributed by atoms with Crippen LogP contribution in [0.25, 0.3) is 0 Å². The average Bonchev–Trinajstić information content (AvgIpc) is 3.07. The van der Waals surface area contributed by atoms with Crippen molar-refractivity contribution in [3.8, 4) is 11.5 Å². The van der Waals surface area contributed by atoms with Gasteiger partial charge in [0.15, 0.2) is 0 Å². The normalized spacial score (nSPS) is 11.3. The van der Waals surface area contributed by atoms with Crippen molar-refractivity contribution in [2.45, 2.75) is 45.9 Å². The van der Waals surface area contributed by atoms with Crippen LogP contribution in [-0.2, 0) is 43.6 Å². The molecule has 0 fully saturated rings. The number of nitrogens with zero attached hydrogens (tertiary/aromatic N) is 4. The Balaban J connectivity index is 1.93. The Labute approximate surface area is 280 Å². The predicted octanol–water partition coefficient (Wildman–Crippen LogP) is 1.56. The molecule has 3 rings (SSSR count). The highest BCUT2D eigenvalue weighted by Gasteiger charge is 2.29. The lowest BCUT2D eigenvalue weighted by molar-refractivity contribution is -0.147. The van der Waals surface area contributed by atoms with Gasteiger partial charge in [0.2, 0.25) is 29.5 Å². The number of aromatic hydroxyl groups is 2. The summed E-state index contributed by atoms with van der Waals surface area (Å²) in [5.74, 6) is -2.74. The number of nitrogens with two attached hydrogens (primary N) is 2. The zero-order valence-electron chi connectivity index (χ0n) is 27.3. The molecule has 5 amide bonds. The number of hydrogen-bond acceptors (Lipinski definition) is 8. The van der Waals surface area contributed by atoms with E-state index in [1.54, 1.807) is 55.5 Å². The van der Waals surface area contributed by atoms with Crippen molar-refractivity contribution in [1.29, 1.82) is 0 Å². The molecule has 1 atom stereocenters. The van der Waals surface area contributed by atoms with Crippen LogP contribution in [0.5, 0.6) is 11.5 Å². The van der Waals surface area contributed by atoms with Crippen molar-refractivity contribution in [3.05, 3.63) is 95.6 Å². The Hall–Kier alpha value is -5.43. The van der Waals surface area contributed by atoms with Gasteiger partial charge in [0.25, 0.3) is 0 Å². The van der Waals surface area contributed by atoms with Crippen molar-refractivity contribution in [2.24, 2.45) is 11.5 Å². The first-order chi connectivity index (χ1) is 22.9. The van der Waals surface area contributed by atoms with Gasteiger partial charge in [-0.25, -0.2) is 0 Å². The first kappa shape index (κ1) is 37.0. The number of carbonyl (C=O) groups excluding carboxylic acids is 5. The minimum atomic E-state index is -0.723. The van der Waals surface area contributed by atoms with Gasteiger partial charge in [-0.15, -0.1) is 0 Å². The largest absolute Gasteiger partial charge is 0.508 e. The van der Waals surface area contributed by atoms with Crippen LogP contribution in [0.4, 0.5) is 0 Å². The summed E-state index contributed by atoms with van der Waals surface area (Å²) in [6.45, 7) is 1.80. The molecular formula is C35H44N6O7. The molecule has 13 heteroatoms. The molecule has 0 saturated heterocycles. The van der Waals surface area contributed by atoms with Crippen LogP contribution in [0.2, 0.25) is 0 Å². The molecule has 3 aromatic rings. The zero-order chi connectivity index (χ0) is 35.2. The number of benzene rings is 3. The predicted molar refractivity (Wildman–Crippen MR) is 179 cm³/mol. The molecule has 0 aromatic heterocycles. The van der Waals surface area contributed by atoms with Crippen LogP contribution < -0.4 is 11.5 Å². The molecule has 0 aliphatic heterocycles. The third-order valence-corrected chi connectivity index (χ3v) is 7.82. The van der Waals surface area contributed by atoms with E-state index in [-0.39, 0.29) is 56.8 Å². The van der Waals surface area contributed by atoms with Crippen LogP contribution in [0.1, 0.15) is 37.0 Å². The fourth-order valence-corrected chi connectivity index (χ4v) is 4.93.